The van der Waals surface area contributed by atoms with Crippen LogP contribution in [0.1, 0.15) is 31.8 Å². The van der Waals surface area contributed by atoms with Gasteiger partial charge in [0.2, 0.25) is 0 Å². The van der Waals surface area contributed by atoms with Gasteiger partial charge in [-0.25, -0.2) is 0 Å². The minimum atomic E-state index is -0.694. The third-order valence-electron chi connectivity index (χ3n) is 3.52. The van der Waals surface area contributed by atoms with Crippen LogP contribution in [0.4, 0.5) is 5.69 Å². The maximum atomic E-state index is 12.2. The van der Waals surface area contributed by atoms with E-state index in [-0.39, 0.29) is 23.4 Å². The second kappa shape index (κ2) is 5.62. The molecule has 1 aliphatic heterocycles. The first kappa shape index (κ1) is 14.9. The Balaban J connectivity index is 1.79. The number of hydrogen-bond acceptors (Lipinski definition) is 5. The molecule has 0 saturated carbocycles. The zero-order chi connectivity index (χ0) is 16.6. The predicted molar refractivity (Wildman–Crippen MR) is 79.6 cm³/mol. The summed E-state index contributed by atoms with van der Waals surface area (Å²) in [7, 11) is 0. The number of fused-ring (bicyclic) bond motifs is 1. The molecule has 7 heteroatoms. The van der Waals surface area contributed by atoms with Crippen molar-refractivity contribution in [3.05, 3.63) is 74.8 Å². The lowest BCUT2D eigenvalue weighted by atomic mass is 10.1. The summed E-state index contributed by atoms with van der Waals surface area (Å²) in [4.78, 5) is 39.8. The van der Waals surface area contributed by atoms with Crippen molar-refractivity contribution in [3.63, 3.8) is 0 Å². The number of hydroxylamine groups is 2. The highest BCUT2D eigenvalue weighted by atomic mass is 16.7. The average Bonchev–Trinajstić information content (AvgIpc) is 2.78. The smallest absolute Gasteiger partial charge is 0.266 e. The van der Waals surface area contributed by atoms with E-state index in [9.17, 15) is 19.7 Å². The summed E-state index contributed by atoms with van der Waals surface area (Å²) in [6.07, 6.45) is 0. The van der Waals surface area contributed by atoms with E-state index < -0.39 is 16.7 Å². The van der Waals surface area contributed by atoms with Crippen LogP contribution >= 0.6 is 0 Å². The number of benzene rings is 2. The summed E-state index contributed by atoms with van der Waals surface area (Å²) in [5.41, 5.74) is 1.72. The van der Waals surface area contributed by atoms with E-state index in [4.69, 9.17) is 4.84 Å². The first-order chi connectivity index (χ1) is 11.0. The van der Waals surface area contributed by atoms with Gasteiger partial charge >= 0.3 is 0 Å². The van der Waals surface area contributed by atoms with Crippen molar-refractivity contribution < 1.29 is 19.3 Å². The number of hydrogen-bond donors (Lipinski definition) is 0. The van der Waals surface area contributed by atoms with Crippen LogP contribution in [-0.4, -0.2) is 21.8 Å². The van der Waals surface area contributed by atoms with Crippen molar-refractivity contribution in [1.82, 2.24) is 5.06 Å². The number of non-ortho nitro benzene ring substituents is 1. The lowest BCUT2D eigenvalue weighted by Gasteiger charge is -2.13. The van der Waals surface area contributed by atoms with E-state index in [1.165, 1.54) is 12.1 Å². The van der Waals surface area contributed by atoms with E-state index in [0.29, 0.717) is 5.06 Å². The van der Waals surface area contributed by atoms with Crippen LogP contribution in [0, 0.1) is 17.0 Å². The minimum absolute atomic E-state index is 0.0203. The molecule has 0 N–H and O–H groups in total. The normalized spacial score (nSPS) is 13.3. The SMILES string of the molecule is Cc1ccc(CON2C(=O)c3ccc([N+](=O)[O-])cc3C2=O)cc1. The summed E-state index contributed by atoms with van der Waals surface area (Å²) in [6.45, 7) is 2.00. The van der Waals surface area contributed by atoms with Gasteiger partial charge in [-0.2, -0.15) is 0 Å². The van der Waals surface area contributed by atoms with Crippen molar-refractivity contribution in [2.24, 2.45) is 0 Å². The Labute approximate surface area is 131 Å². The Morgan fingerprint density at radius 3 is 2.35 bits per heavy atom. The van der Waals surface area contributed by atoms with E-state index in [2.05, 4.69) is 0 Å². The maximum Gasteiger partial charge on any atom is 0.286 e. The molecule has 2 amide bonds. The van der Waals surface area contributed by atoms with Crippen molar-refractivity contribution in [2.45, 2.75) is 13.5 Å². The molecule has 1 aliphatic rings. The standard InChI is InChI=1S/C16H12N2O5/c1-10-2-4-11(5-3-10)9-23-17-15(19)13-7-6-12(18(21)22)8-14(13)16(17)20/h2-8H,9H2,1H3. The Hall–Kier alpha value is -3.06. The molecule has 7 nitrogen and oxygen atoms in total. The van der Waals surface area contributed by atoms with Gasteiger partial charge in [0.05, 0.1) is 16.1 Å². The molecular formula is C16H12N2O5. The number of aryl methyl sites for hydroxylation is 1. The number of amides is 2. The Morgan fingerprint density at radius 2 is 1.70 bits per heavy atom. The lowest BCUT2D eigenvalue weighted by molar-refractivity contribution is -0.384. The molecule has 0 spiro atoms. The van der Waals surface area contributed by atoms with Gasteiger partial charge in [0.1, 0.15) is 6.61 Å². The van der Waals surface area contributed by atoms with Crippen LogP contribution in [-0.2, 0) is 11.4 Å². The molecule has 0 unspecified atom stereocenters. The highest BCUT2D eigenvalue weighted by Crippen LogP contribution is 2.27. The van der Waals surface area contributed by atoms with E-state index in [1.807, 2.05) is 31.2 Å². The largest absolute Gasteiger partial charge is 0.286 e. The number of carbonyl (C=O) groups is 2. The first-order valence-electron chi connectivity index (χ1n) is 6.83. The maximum absolute atomic E-state index is 12.2. The molecule has 0 aliphatic carbocycles. The highest BCUT2D eigenvalue weighted by Gasteiger charge is 2.38. The Bertz CT molecular complexity index is 814. The molecule has 0 atom stereocenters. The molecule has 2 aromatic carbocycles. The molecule has 0 aromatic heterocycles. The van der Waals surface area contributed by atoms with Gasteiger partial charge in [-0.3, -0.25) is 24.5 Å². The topological polar surface area (TPSA) is 89.8 Å². The zero-order valence-electron chi connectivity index (χ0n) is 12.2. The molecule has 116 valence electrons. The summed E-state index contributed by atoms with van der Waals surface area (Å²) >= 11 is 0. The third kappa shape index (κ3) is 2.69. The molecular weight excluding hydrogens is 300 g/mol. The summed E-state index contributed by atoms with van der Waals surface area (Å²) in [5, 5.41) is 11.4. The van der Waals surface area contributed by atoms with Gasteiger partial charge < -0.3 is 0 Å². The van der Waals surface area contributed by atoms with Gasteiger partial charge in [0.15, 0.2) is 0 Å². The second-order valence-corrected chi connectivity index (χ2v) is 5.15. The Morgan fingerprint density at radius 1 is 1.04 bits per heavy atom. The van der Waals surface area contributed by atoms with Crippen molar-refractivity contribution >= 4 is 17.5 Å². The molecule has 1 heterocycles. The van der Waals surface area contributed by atoms with Crippen molar-refractivity contribution in [1.29, 1.82) is 0 Å². The van der Waals surface area contributed by atoms with Crippen LogP contribution in [0.3, 0.4) is 0 Å². The van der Waals surface area contributed by atoms with Crippen molar-refractivity contribution in [2.75, 3.05) is 0 Å². The summed E-state index contributed by atoms with van der Waals surface area (Å²) in [5.74, 6) is -1.31. The molecule has 0 radical (unpaired) electrons. The molecule has 0 saturated heterocycles. The van der Waals surface area contributed by atoms with Gasteiger partial charge in [0, 0.05) is 12.1 Å². The number of rotatable bonds is 4. The van der Waals surface area contributed by atoms with Crippen LogP contribution in [0.25, 0.3) is 0 Å². The molecule has 3 rings (SSSR count). The first-order valence-corrected chi connectivity index (χ1v) is 6.83. The summed E-state index contributed by atoms with van der Waals surface area (Å²) < 4.78 is 0. The van der Waals surface area contributed by atoms with Gasteiger partial charge in [-0.15, -0.1) is 5.06 Å². The quantitative estimate of drug-likeness (QED) is 0.492. The fourth-order valence-electron chi connectivity index (χ4n) is 2.26. The Kier molecular flexibility index (Phi) is 3.63. The molecule has 0 bridgehead atoms. The van der Waals surface area contributed by atoms with E-state index in [1.54, 1.807) is 0 Å². The van der Waals surface area contributed by atoms with E-state index in [0.717, 1.165) is 17.2 Å². The predicted octanol–water partition coefficient (Wildman–Crippen LogP) is 2.63. The van der Waals surface area contributed by atoms with Crippen molar-refractivity contribution in [3.8, 4) is 0 Å². The number of imide groups is 1. The van der Waals surface area contributed by atoms with Gasteiger partial charge in [-0.1, -0.05) is 29.8 Å². The average molecular weight is 312 g/mol. The summed E-state index contributed by atoms with van der Waals surface area (Å²) in [6, 6.07) is 11.0. The lowest BCUT2D eigenvalue weighted by Crippen LogP contribution is -2.29. The molecule has 2 aromatic rings. The van der Waals surface area contributed by atoms with E-state index >= 15 is 0 Å². The molecule has 23 heavy (non-hydrogen) atoms. The number of carbonyl (C=O) groups excluding carboxylic acids is 2. The number of nitrogens with zero attached hydrogens (tertiary/aromatic N) is 2. The van der Waals surface area contributed by atoms with Crippen LogP contribution < -0.4 is 0 Å². The fourth-order valence-corrected chi connectivity index (χ4v) is 2.26. The van der Waals surface area contributed by atoms with Gasteiger partial charge in [-0.05, 0) is 18.6 Å². The third-order valence-corrected chi connectivity index (χ3v) is 3.52. The number of nitro benzene ring substituents is 1. The number of nitro groups is 1. The zero-order valence-corrected chi connectivity index (χ0v) is 12.2. The van der Waals surface area contributed by atoms with Crippen LogP contribution in [0.5, 0.6) is 0 Å². The minimum Gasteiger partial charge on any atom is -0.266 e. The van der Waals surface area contributed by atoms with Gasteiger partial charge in [0.25, 0.3) is 17.5 Å². The fraction of sp³-hybridized carbons (Fsp3) is 0.125. The van der Waals surface area contributed by atoms with Crippen LogP contribution in [0.2, 0.25) is 0 Å². The van der Waals surface area contributed by atoms with Crippen LogP contribution in [0.15, 0.2) is 42.5 Å². The highest BCUT2D eigenvalue weighted by molar-refractivity contribution is 6.20. The monoisotopic (exact) mass is 312 g/mol. The second-order valence-electron chi connectivity index (χ2n) is 5.15. The molecule has 0 fully saturated rings.